The summed E-state index contributed by atoms with van der Waals surface area (Å²) in [5, 5.41) is 1.08. The minimum absolute atomic E-state index is 0.0845. The fraction of sp³-hybridized carbons (Fsp3) is 0.483. The summed E-state index contributed by atoms with van der Waals surface area (Å²) in [5.74, 6) is 0.773. The molecule has 2 aliphatic heterocycles. The lowest BCUT2D eigenvalue weighted by molar-refractivity contribution is -0.138. The predicted octanol–water partition coefficient (Wildman–Crippen LogP) is 4.21. The number of nitrogens with two attached hydrogens (primary N) is 1. The number of hydrogen-bond acceptors (Lipinski definition) is 5. The normalized spacial score (nSPS) is 18.9. The molecule has 0 unspecified atom stereocenters. The molecule has 2 saturated heterocycles. The van der Waals surface area contributed by atoms with Crippen LogP contribution in [0, 0.1) is 5.92 Å². The fourth-order valence-electron chi connectivity index (χ4n) is 5.49. The van der Waals surface area contributed by atoms with Crippen molar-refractivity contribution in [1.82, 2.24) is 14.8 Å². The molecule has 3 heterocycles. The number of aromatic nitrogens is 1. The Labute approximate surface area is 219 Å². The number of piperidine rings is 2. The minimum atomic E-state index is -0.304. The van der Waals surface area contributed by atoms with Crippen LogP contribution in [0.3, 0.4) is 0 Å². The van der Waals surface area contributed by atoms with E-state index < -0.39 is 0 Å². The number of hydrogen-bond donors (Lipinski definition) is 2. The van der Waals surface area contributed by atoms with Crippen LogP contribution >= 0.6 is 0 Å². The molecule has 0 bridgehead atoms. The summed E-state index contributed by atoms with van der Waals surface area (Å²) in [6.45, 7) is 8.13. The molecule has 3 N–H and O–H groups in total. The number of allylic oxidation sites excluding steroid dienone is 1. The maximum Gasteiger partial charge on any atom is 0.355 e. The highest BCUT2D eigenvalue weighted by Gasteiger charge is 2.33. The van der Waals surface area contributed by atoms with E-state index in [1.807, 2.05) is 55.2 Å². The van der Waals surface area contributed by atoms with Gasteiger partial charge >= 0.3 is 5.97 Å². The fourth-order valence-corrected chi connectivity index (χ4v) is 5.49. The number of para-hydroxylation sites is 1. The Balaban J connectivity index is 1.31. The predicted molar refractivity (Wildman–Crippen MR) is 148 cm³/mol. The van der Waals surface area contributed by atoms with E-state index in [2.05, 4.69) is 20.9 Å². The maximum absolute atomic E-state index is 13.3. The highest BCUT2D eigenvalue weighted by atomic mass is 16.5. The zero-order valence-electron chi connectivity index (χ0n) is 22.0. The maximum atomic E-state index is 13.3. The third-order valence-corrected chi connectivity index (χ3v) is 7.40. The van der Waals surface area contributed by atoms with Crippen molar-refractivity contribution < 1.29 is 14.3 Å². The molecule has 37 heavy (non-hydrogen) atoms. The minimum Gasteiger partial charge on any atom is -0.461 e. The van der Waals surface area contributed by atoms with Gasteiger partial charge in [-0.3, -0.25) is 9.69 Å². The number of nitrogens with one attached hydrogen (secondary N) is 1. The van der Waals surface area contributed by atoms with Gasteiger partial charge in [-0.15, -0.1) is 0 Å². The molecule has 0 radical (unpaired) electrons. The molecule has 2 aromatic rings. The molecule has 8 heteroatoms. The summed E-state index contributed by atoms with van der Waals surface area (Å²) in [5.41, 5.74) is 8.40. The third kappa shape index (κ3) is 6.49. The van der Waals surface area contributed by atoms with Crippen molar-refractivity contribution in [1.29, 1.82) is 0 Å². The molecule has 4 rings (SSSR count). The standard InChI is InChI=1S/C29H39N5O3/c1-3-15-31-25(30)10-7-16-33-17-11-22(12-18-33)28(35)34-19-13-21(14-20-34)26-23-8-5-6-9-24(23)32-27(26)29(36)37-4-2/h3,5-10,15,21-22,32H,4,11-14,16-20H2,1-2H3,(H2,30,31)/b10-7+,15-3-. The van der Waals surface area contributed by atoms with E-state index in [1.54, 1.807) is 6.20 Å². The van der Waals surface area contributed by atoms with Crippen molar-refractivity contribution in [3.05, 3.63) is 60.0 Å². The lowest BCUT2D eigenvalue weighted by atomic mass is 9.86. The number of likely N-dealkylation sites (tertiary alicyclic amines) is 2. The number of amides is 1. The number of benzene rings is 1. The van der Waals surface area contributed by atoms with Crippen molar-refractivity contribution in [2.24, 2.45) is 16.6 Å². The molecule has 1 aromatic heterocycles. The van der Waals surface area contributed by atoms with Gasteiger partial charge in [-0.05, 0) is 76.2 Å². The number of ether oxygens (including phenoxy) is 1. The van der Waals surface area contributed by atoms with Gasteiger partial charge in [-0.25, -0.2) is 9.79 Å². The van der Waals surface area contributed by atoms with Gasteiger partial charge in [0.1, 0.15) is 11.5 Å². The first-order valence-corrected chi connectivity index (χ1v) is 13.4. The molecule has 0 saturated carbocycles. The van der Waals surface area contributed by atoms with Crippen LogP contribution in [0.1, 0.15) is 61.5 Å². The Hall–Kier alpha value is -3.39. The molecule has 0 atom stereocenters. The lowest BCUT2D eigenvalue weighted by Crippen LogP contribution is -2.45. The number of esters is 1. The zero-order valence-corrected chi connectivity index (χ0v) is 22.0. The van der Waals surface area contributed by atoms with Crippen molar-refractivity contribution in [2.45, 2.75) is 45.4 Å². The molecule has 0 aliphatic carbocycles. The largest absolute Gasteiger partial charge is 0.461 e. The number of fused-ring (bicyclic) bond motifs is 1. The highest BCUT2D eigenvalue weighted by Crippen LogP contribution is 2.37. The number of aliphatic imine (C=N–C) groups is 1. The van der Waals surface area contributed by atoms with E-state index in [4.69, 9.17) is 10.5 Å². The van der Waals surface area contributed by atoms with Crippen molar-refractivity contribution in [3.63, 3.8) is 0 Å². The first-order valence-electron chi connectivity index (χ1n) is 13.4. The molecule has 0 spiro atoms. The van der Waals surface area contributed by atoms with Crippen molar-refractivity contribution in [3.8, 4) is 0 Å². The molecule has 2 fully saturated rings. The van der Waals surface area contributed by atoms with Crippen LogP contribution in [0.25, 0.3) is 10.9 Å². The molecular formula is C29H39N5O3. The average molecular weight is 506 g/mol. The van der Waals surface area contributed by atoms with Gasteiger partial charge in [0.2, 0.25) is 5.91 Å². The Morgan fingerprint density at radius 3 is 2.57 bits per heavy atom. The van der Waals surface area contributed by atoms with Crippen LogP contribution < -0.4 is 5.73 Å². The Bertz CT molecular complexity index is 1170. The van der Waals surface area contributed by atoms with Crippen LogP contribution in [0.5, 0.6) is 0 Å². The van der Waals surface area contributed by atoms with Crippen LogP contribution in [-0.4, -0.2) is 71.8 Å². The summed E-state index contributed by atoms with van der Waals surface area (Å²) in [7, 11) is 0. The third-order valence-electron chi connectivity index (χ3n) is 7.40. The number of H-pyrrole nitrogens is 1. The zero-order chi connectivity index (χ0) is 26.2. The molecular weight excluding hydrogens is 466 g/mol. The number of rotatable bonds is 8. The molecule has 8 nitrogen and oxygen atoms in total. The van der Waals surface area contributed by atoms with E-state index in [0.717, 1.165) is 74.9 Å². The summed E-state index contributed by atoms with van der Waals surface area (Å²) in [6.07, 6.45) is 10.8. The van der Waals surface area contributed by atoms with Gasteiger partial charge in [-0.1, -0.05) is 30.4 Å². The second kappa shape index (κ2) is 12.7. The summed E-state index contributed by atoms with van der Waals surface area (Å²) >= 11 is 0. The quantitative estimate of drug-likeness (QED) is 0.318. The average Bonchev–Trinajstić information content (AvgIpc) is 3.32. The second-order valence-electron chi connectivity index (χ2n) is 9.79. The van der Waals surface area contributed by atoms with Gasteiger partial charge in [0.15, 0.2) is 0 Å². The van der Waals surface area contributed by atoms with Crippen molar-refractivity contribution >= 4 is 28.6 Å². The molecule has 2 aliphatic rings. The first-order chi connectivity index (χ1) is 18.0. The number of carbonyl (C=O) groups is 2. The van der Waals surface area contributed by atoms with E-state index in [9.17, 15) is 9.59 Å². The number of amidine groups is 1. The highest BCUT2D eigenvalue weighted by molar-refractivity contribution is 5.98. The smallest absolute Gasteiger partial charge is 0.355 e. The number of nitrogens with zero attached hydrogens (tertiary/aromatic N) is 3. The first kappa shape index (κ1) is 26.7. The van der Waals surface area contributed by atoms with Crippen molar-refractivity contribution in [2.75, 3.05) is 39.3 Å². The Morgan fingerprint density at radius 2 is 1.86 bits per heavy atom. The number of carbonyl (C=O) groups excluding carboxylic acids is 2. The monoisotopic (exact) mass is 505 g/mol. The van der Waals surface area contributed by atoms with Gasteiger partial charge in [0, 0.05) is 42.7 Å². The van der Waals surface area contributed by atoms with E-state index in [1.165, 1.54) is 0 Å². The van der Waals surface area contributed by atoms with Crippen LogP contribution in [-0.2, 0) is 9.53 Å². The Morgan fingerprint density at radius 1 is 1.14 bits per heavy atom. The summed E-state index contributed by atoms with van der Waals surface area (Å²) in [6, 6.07) is 8.03. The van der Waals surface area contributed by atoms with E-state index >= 15 is 0 Å². The summed E-state index contributed by atoms with van der Waals surface area (Å²) in [4.78, 5) is 37.8. The van der Waals surface area contributed by atoms with Crippen LogP contribution in [0.15, 0.2) is 53.7 Å². The van der Waals surface area contributed by atoms with E-state index in [-0.39, 0.29) is 23.7 Å². The van der Waals surface area contributed by atoms with Gasteiger partial charge in [0.25, 0.3) is 0 Å². The SMILES string of the molecule is C\C=C/N=C(N)\C=C\CN1CCC(C(=O)N2CCC(c3c(C(=O)OCC)[nH]c4ccccc34)CC2)CC1. The number of aromatic amines is 1. The second-order valence-corrected chi connectivity index (χ2v) is 9.79. The molecule has 198 valence electrons. The molecule has 1 amide bonds. The van der Waals surface area contributed by atoms with Gasteiger partial charge < -0.3 is 20.4 Å². The van der Waals surface area contributed by atoms with E-state index in [0.29, 0.717) is 18.1 Å². The summed E-state index contributed by atoms with van der Waals surface area (Å²) < 4.78 is 5.33. The van der Waals surface area contributed by atoms with Gasteiger partial charge in [0.05, 0.1) is 6.61 Å². The topological polar surface area (TPSA) is 104 Å². The van der Waals surface area contributed by atoms with Gasteiger partial charge in [-0.2, -0.15) is 0 Å². The van der Waals surface area contributed by atoms with Crippen LogP contribution in [0.2, 0.25) is 0 Å². The Kier molecular flexibility index (Phi) is 9.17. The van der Waals surface area contributed by atoms with Crippen LogP contribution in [0.4, 0.5) is 0 Å². The lowest BCUT2D eigenvalue weighted by Gasteiger charge is -2.37. The molecule has 1 aromatic carbocycles.